The van der Waals surface area contributed by atoms with Gasteiger partial charge in [-0.15, -0.1) is 0 Å². The molecule has 0 saturated carbocycles. The molecule has 0 bridgehead atoms. The molecule has 6 atom stereocenters. The lowest BCUT2D eigenvalue weighted by Crippen LogP contribution is -2.30. The third-order valence-electron chi connectivity index (χ3n) is 22.4. The Morgan fingerprint density at radius 2 is 0.425 bits per heavy atom. The summed E-state index contributed by atoms with van der Waals surface area (Å²) in [7, 11) is -9.94. The molecule has 0 fully saturated rings. The summed E-state index contributed by atoms with van der Waals surface area (Å²) in [5, 5.41) is 10.7. The van der Waals surface area contributed by atoms with E-state index in [2.05, 4.69) is 55.4 Å². The fourth-order valence-electron chi connectivity index (χ4n) is 14.7. The van der Waals surface area contributed by atoms with E-state index >= 15 is 0 Å². The van der Waals surface area contributed by atoms with Gasteiger partial charge < -0.3 is 33.8 Å². The molecule has 672 valence electrons. The first-order valence-electron chi connectivity index (χ1n) is 48.2. The van der Waals surface area contributed by atoms with E-state index in [1.165, 1.54) is 302 Å². The summed E-state index contributed by atoms with van der Waals surface area (Å²) in [6.07, 6.45) is 75.1. The summed E-state index contributed by atoms with van der Waals surface area (Å²) in [4.78, 5) is 73.5. The number of carbonyl (C=O) groups excluding carboxylic acids is 4. The average Bonchev–Trinajstić information content (AvgIpc) is 0.887. The van der Waals surface area contributed by atoms with Crippen LogP contribution in [0.15, 0.2) is 0 Å². The summed E-state index contributed by atoms with van der Waals surface area (Å²) in [6, 6.07) is 0. The summed E-state index contributed by atoms with van der Waals surface area (Å²) in [5.74, 6) is 1.13. The second-order valence-electron chi connectivity index (χ2n) is 35.4. The van der Waals surface area contributed by atoms with E-state index in [4.69, 9.17) is 37.0 Å². The number of phosphoric ester groups is 2. The van der Waals surface area contributed by atoms with Crippen LogP contribution in [0.25, 0.3) is 0 Å². The van der Waals surface area contributed by atoms with Crippen LogP contribution in [0, 0.1) is 23.7 Å². The van der Waals surface area contributed by atoms with Gasteiger partial charge in [-0.2, -0.15) is 0 Å². The number of aliphatic hydroxyl groups excluding tert-OH is 1. The van der Waals surface area contributed by atoms with Crippen molar-refractivity contribution < 1.29 is 80.2 Å². The zero-order chi connectivity index (χ0) is 83.0. The number of ether oxygens (including phenoxy) is 4. The van der Waals surface area contributed by atoms with Crippen LogP contribution in [0.2, 0.25) is 0 Å². The summed E-state index contributed by atoms with van der Waals surface area (Å²) >= 11 is 0. The Morgan fingerprint density at radius 1 is 0.248 bits per heavy atom. The molecule has 0 amide bonds. The maximum atomic E-state index is 13.2. The highest BCUT2D eigenvalue weighted by Gasteiger charge is 2.31. The van der Waals surface area contributed by atoms with Crippen LogP contribution in [-0.4, -0.2) is 96.7 Å². The number of phosphoric acid groups is 2. The maximum absolute atomic E-state index is 13.2. The molecule has 19 heteroatoms. The lowest BCUT2D eigenvalue weighted by molar-refractivity contribution is -0.161. The first kappa shape index (κ1) is 111. The van der Waals surface area contributed by atoms with Crippen molar-refractivity contribution in [3.63, 3.8) is 0 Å². The predicted molar refractivity (Wildman–Crippen MR) is 469 cm³/mol. The SMILES string of the molecule is CCC(C)CCCCCCCCCCC(=O)OC[C@H](COP(=O)(O)OC[C@H](O)COP(=O)(O)OC[C@@H](COC(=O)CCCCCCCCCCCCCCCCCCCCC(C)C)OC(=O)CCCCCCCCCCCCCCCCCCCCC(C)C)OC(=O)CCCCCCCCCCCCCCCCCCC(C)C. The van der Waals surface area contributed by atoms with Crippen LogP contribution in [0.3, 0.4) is 0 Å². The Labute approximate surface area is 696 Å². The molecule has 0 heterocycles. The fraction of sp³-hybridized carbons (Fsp3) is 0.957. The van der Waals surface area contributed by atoms with Crippen LogP contribution >= 0.6 is 15.6 Å². The van der Waals surface area contributed by atoms with Crippen molar-refractivity contribution in [3.05, 3.63) is 0 Å². The minimum absolute atomic E-state index is 0.108. The molecule has 3 N–H and O–H groups in total. The standard InChI is InChI=1S/C94H184O17P2/c1-9-87(8)73-65-57-49-44-45-51-59-67-75-92(97)105-81-90(111-94(99)77-69-61-53-43-37-31-25-19-18-22-28-34-40-48-56-64-72-86(6)7)83-109-113(102,103)107-79-88(95)78-106-112(100,101)108-82-89(110-93(98)76-68-60-52-42-36-30-24-17-13-11-15-21-27-33-39-47-55-63-71-85(4)5)80-104-91(96)74-66-58-50-41-35-29-23-16-12-10-14-20-26-32-38-46-54-62-70-84(2)3/h84-90,95H,9-83H2,1-8H3,(H,100,101)(H,102,103)/t87?,88-,89-,90-/m1/s1. The normalized spacial score (nSPS) is 14.0. The second kappa shape index (κ2) is 82.4. The smallest absolute Gasteiger partial charge is 0.462 e. The van der Waals surface area contributed by atoms with Gasteiger partial charge in [-0.1, -0.05) is 447 Å². The Hall–Kier alpha value is -1.94. The topological polar surface area (TPSA) is 237 Å². The van der Waals surface area contributed by atoms with E-state index < -0.39 is 97.5 Å². The molecule has 0 aromatic rings. The van der Waals surface area contributed by atoms with Crippen LogP contribution in [0.1, 0.15) is 498 Å². The predicted octanol–water partition coefficient (Wildman–Crippen LogP) is 29.1. The van der Waals surface area contributed by atoms with E-state index in [-0.39, 0.29) is 25.7 Å². The molecule has 0 aliphatic heterocycles. The molecular weight excluding hydrogens is 1460 g/mol. The number of carbonyl (C=O) groups is 4. The molecule has 0 spiro atoms. The monoisotopic (exact) mass is 1650 g/mol. The number of rotatable bonds is 91. The largest absolute Gasteiger partial charge is 0.472 e. The van der Waals surface area contributed by atoms with Crippen molar-refractivity contribution in [2.75, 3.05) is 39.6 Å². The summed E-state index contributed by atoms with van der Waals surface area (Å²) < 4.78 is 69.2. The Kier molecular flexibility index (Phi) is 81.0. The highest BCUT2D eigenvalue weighted by molar-refractivity contribution is 7.47. The maximum Gasteiger partial charge on any atom is 0.472 e. The van der Waals surface area contributed by atoms with Crippen LogP contribution in [0.5, 0.6) is 0 Å². The van der Waals surface area contributed by atoms with Gasteiger partial charge in [-0.25, -0.2) is 9.13 Å². The molecule has 0 aromatic heterocycles. The van der Waals surface area contributed by atoms with Gasteiger partial charge in [0.05, 0.1) is 26.4 Å². The van der Waals surface area contributed by atoms with Crippen molar-refractivity contribution >= 4 is 39.5 Å². The minimum Gasteiger partial charge on any atom is -0.462 e. The van der Waals surface area contributed by atoms with E-state index in [1.54, 1.807) is 0 Å². The molecule has 0 saturated heterocycles. The van der Waals surface area contributed by atoms with Crippen molar-refractivity contribution in [1.82, 2.24) is 0 Å². The lowest BCUT2D eigenvalue weighted by atomic mass is 9.99. The molecule has 3 unspecified atom stereocenters. The van der Waals surface area contributed by atoms with Gasteiger partial charge in [-0.05, 0) is 49.4 Å². The third-order valence-corrected chi connectivity index (χ3v) is 24.3. The Bertz CT molecular complexity index is 2180. The summed E-state index contributed by atoms with van der Waals surface area (Å²) in [5.41, 5.74) is 0. The van der Waals surface area contributed by atoms with E-state index in [0.717, 1.165) is 114 Å². The first-order chi connectivity index (χ1) is 54.6. The molecule has 0 aliphatic carbocycles. The number of hydrogen-bond donors (Lipinski definition) is 3. The Morgan fingerprint density at radius 3 is 0.628 bits per heavy atom. The van der Waals surface area contributed by atoms with Crippen molar-refractivity contribution in [3.8, 4) is 0 Å². The Balaban J connectivity index is 5.25. The zero-order valence-electron chi connectivity index (χ0n) is 75.0. The number of hydrogen-bond acceptors (Lipinski definition) is 15. The van der Waals surface area contributed by atoms with Gasteiger partial charge >= 0.3 is 39.5 Å². The van der Waals surface area contributed by atoms with Crippen LogP contribution in [-0.2, 0) is 65.4 Å². The molecule has 0 aliphatic rings. The third kappa shape index (κ3) is 86.3. The van der Waals surface area contributed by atoms with Crippen molar-refractivity contribution in [2.45, 2.75) is 517 Å². The van der Waals surface area contributed by atoms with E-state index in [9.17, 15) is 43.2 Å². The van der Waals surface area contributed by atoms with E-state index in [1.807, 2.05) is 0 Å². The zero-order valence-corrected chi connectivity index (χ0v) is 76.8. The van der Waals surface area contributed by atoms with Crippen LogP contribution in [0.4, 0.5) is 0 Å². The minimum atomic E-state index is -4.97. The van der Waals surface area contributed by atoms with Crippen molar-refractivity contribution in [1.29, 1.82) is 0 Å². The molecule has 0 rings (SSSR count). The van der Waals surface area contributed by atoms with E-state index in [0.29, 0.717) is 25.7 Å². The number of esters is 4. The van der Waals surface area contributed by atoms with Gasteiger partial charge in [0.2, 0.25) is 0 Å². The number of unbranched alkanes of at least 4 members (excludes halogenated alkanes) is 56. The van der Waals surface area contributed by atoms with Gasteiger partial charge in [0.1, 0.15) is 19.3 Å². The summed E-state index contributed by atoms with van der Waals surface area (Å²) in [6.45, 7) is 14.4. The van der Waals surface area contributed by atoms with Crippen LogP contribution < -0.4 is 0 Å². The number of aliphatic hydroxyl groups is 1. The quantitative estimate of drug-likeness (QED) is 0.0222. The van der Waals surface area contributed by atoms with Gasteiger partial charge in [0.25, 0.3) is 0 Å². The van der Waals surface area contributed by atoms with Crippen molar-refractivity contribution in [2.24, 2.45) is 23.7 Å². The fourth-order valence-corrected chi connectivity index (χ4v) is 16.3. The second-order valence-corrected chi connectivity index (χ2v) is 38.3. The molecule has 17 nitrogen and oxygen atoms in total. The molecule has 0 aromatic carbocycles. The lowest BCUT2D eigenvalue weighted by Gasteiger charge is -2.21. The van der Waals surface area contributed by atoms with Gasteiger partial charge in [0, 0.05) is 25.7 Å². The highest BCUT2D eigenvalue weighted by atomic mass is 31.2. The molecule has 0 radical (unpaired) electrons. The van der Waals surface area contributed by atoms with Gasteiger partial charge in [0.15, 0.2) is 12.2 Å². The molecule has 113 heavy (non-hydrogen) atoms. The van der Waals surface area contributed by atoms with Gasteiger partial charge in [-0.3, -0.25) is 37.3 Å². The highest BCUT2D eigenvalue weighted by Crippen LogP contribution is 2.45. The molecular formula is C94H184O17P2. The first-order valence-corrected chi connectivity index (χ1v) is 51.2. The average molecular weight is 1650 g/mol.